The molecule has 0 bridgehead atoms. The lowest BCUT2D eigenvalue weighted by molar-refractivity contribution is -0.119. The average Bonchev–Trinajstić information content (AvgIpc) is 2.43. The lowest BCUT2D eigenvalue weighted by Gasteiger charge is -2.21. The van der Waals surface area contributed by atoms with Crippen LogP contribution in [0, 0.1) is 17.8 Å². The highest BCUT2D eigenvalue weighted by Gasteiger charge is 2.31. The summed E-state index contributed by atoms with van der Waals surface area (Å²) in [5.74, 6) is 0.552. The Hall–Kier alpha value is -0.530. The molecule has 2 nitrogen and oxygen atoms in total. The van der Waals surface area contributed by atoms with Gasteiger partial charge in [0.1, 0.15) is 0 Å². The fraction of sp³-hybridized carbons (Fsp3) is 0.778. The van der Waals surface area contributed by atoms with Crippen molar-refractivity contribution in [2.24, 2.45) is 17.1 Å². The molecule has 1 fully saturated rings. The second-order valence-electron chi connectivity index (χ2n) is 4.14. The van der Waals surface area contributed by atoms with E-state index >= 15 is 0 Å². The molecule has 0 unspecified atom stereocenters. The zero-order valence-corrected chi connectivity index (χ0v) is 7.26. The molecule has 1 radical (unpaired) electrons. The van der Waals surface area contributed by atoms with E-state index in [0.717, 1.165) is 5.92 Å². The minimum atomic E-state index is -0.202. The molecule has 1 aliphatic carbocycles. The van der Waals surface area contributed by atoms with Gasteiger partial charge in [0.25, 0.3) is 0 Å². The molecule has 2 N–H and O–H groups in total. The van der Waals surface area contributed by atoms with E-state index in [1.807, 2.05) is 0 Å². The number of rotatable bonds is 4. The zero-order valence-electron chi connectivity index (χ0n) is 7.26. The van der Waals surface area contributed by atoms with Gasteiger partial charge < -0.3 is 5.73 Å². The number of carbonyl (C=O) groups excluding carboxylic acids is 1. The molecule has 1 rings (SSSR count). The highest BCUT2D eigenvalue weighted by atomic mass is 16.1. The average molecular weight is 154 g/mol. The predicted octanol–water partition coefficient (Wildman–Crippen LogP) is 1.50. The highest BCUT2D eigenvalue weighted by molar-refractivity contribution is 5.74. The quantitative estimate of drug-likeness (QED) is 0.655. The third kappa shape index (κ3) is 3.40. The molecule has 0 spiro atoms. The molecule has 2 heteroatoms. The van der Waals surface area contributed by atoms with Crippen LogP contribution in [0.25, 0.3) is 0 Å². The molecular formula is C9H16NO. The van der Waals surface area contributed by atoms with Crippen molar-refractivity contribution in [2.75, 3.05) is 0 Å². The number of nitrogens with two attached hydrogens (primary N) is 1. The minimum absolute atomic E-state index is 0.00694. The second-order valence-corrected chi connectivity index (χ2v) is 4.14. The van der Waals surface area contributed by atoms with E-state index in [2.05, 4.69) is 20.3 Å². The van der Waals surface area contributed by atoms with Crippen LogP contribution in [0.3, 0.4) is 0 Å². The maximum absolute atomic E-state index is 10.6. The van der Waals surface area contributed by atoms with Gasteiger partial charge in [-0.15, -0.1) is 0 Å². The van der Waals surface area contributed by atoms with Crippen LogP contribution >= 0.6 is 0 Å². The first-order chi connectivity index (χ1) is 4.99. The summed E-state index contributed by atoms with van der Waals surface area (Å²) in [6.07, 6.45) is 5.33. The summed E-state index contributed by atoms with van der Waals surface area (Å²) in [6, 6.07) is 0. The van der Waals surface area contributed by atoms with Gasteiger partial charge in [-0.25, -0.2) is 0 Å². The largest absolute Gasteiger partial charge is 0.370 e. The topological polar surface area (TPSA) is 43.1 Å². The van der Waals surface area contributed by atoms with Crippen LogP contribution in [-0.4, -0.2) is 5.91 Å². The summed E-state index contributed by atoms with van der Waals surface area (Å²) in [7, 11) is 0. The van der Waals surface area contributed by atoms with Gasteiger partial charge in [0.2, 0.25) is 5.91 Å². The maximum atomic E-state index is 10.6. The molecule has 0 saturated heterocycles. The molecule has 0 aromatic rings. The Morgan fingerprint density at radius 2 is 2.18 bits per heavy atom. The molecule has 63 valence electrons. The maximum Gasteiger partial charge on any atom is 0.217 e. The van der Waals surface area contributed by atoms with Gasteiger partial charge in [-0.3, -0.25) is 4.79 Å². The Morgan fingerprint density at radius 1 is 1.64 bits per heavy atom. The highest BCUT2D eigenvalue weighted by Crippen LogP contribution is 2.40. The van der Waals surface area contributed by atoms with Crippen LogP contribution in [0.5, 0.6) is 0 Å². The second kappa shape index (κ2) is 2.84. The number of amides is 1. The number of hydrogen-bond donors (Lipinski definition) is 1. The molecule has 0 aromatic heterocycles. The van der Waals surface area contributed by atoms with Crippen LogP contribution in [0.1, 0.15) is 33.1 Å². The van der Waals surface area contributed by atoms with E-state index < -0.39 is 0 Å². The van der Waals surface area contributed by atoms with Crippen molar-refractivity contribution in [3.8, 4) is 0 Å². The standard InChI is InChI=1S/C9H16NO/c1-9(2,6-8(10)11)5-7-3-4-7/h5,7H,3-4,6H2,1-2H3,(H2,10,11). The Morgan fingerprint density at radius 3 is 2.55 bits per heavy atom. The van der Waals surface area contributed by atoms with Crippen molar-refractivity contribution < 1.29 is 4.79 Å². The monoisotopic (exact) mass is 154 g/mol. The summed E-state index contributed by atoms with van der Waals surface area (Å²) >= 11 is 0. The number of hydrogen-bond acceptors (Lipinski definition) is 1. The third-order valence-electron chi connectivity index (χ3n) is 1.94. The number of primary amides is 1. The van der Waals surface area contributed by atoms with Gasteiger partial charge in [0.05, 0.1) is 0 Å². The molecule has 0 aromatic carbocycles. The fourth-order valence-corrected chi connectivity index (χ4v) is 1.41. The fourth-order valence-electron chi connectivity index (χ4n) is 1.41. The summed E-state index contributed by atoms with van der Waals surface area (Å²) in [5.41, 5.74) is 5.12. The summed E-state index contributed by atoms with van der Waals surface area (Å²) < 4.78 is 0. The van der Waals surface area contributed by atoms with Gasteiger partial charge in [-0.1, -0.05) is 13.8 Å². The summed E-state index contributed by atoms with van der Waals surface area (Å²) in [6.45, 7) is 4.13. The van der Waals surface area contributed by atoms with Crippen molar-refractivity contribution in [3.05, 3.63) is 6.42 Å². The van der Waals surface area contributed by atoms with Gasteiger partial charge in [0, 0.05) is 6.42 Å². The lowest BCUT2D eigenvalue weighted by atomic mass is 9.83. The lowest BCUT2D eigenvalue weighted by Crippen LogP contribution is -2.23. The van der Waals surface area contributed by atoms with Crippen molar-refractivity contribution >= 4 is 5.91 Å². The molecule has 1 aliphatic rings. The molecule has 0 atom stereocenters. The van der Waals surface area contributed by atoms with Crippen molar-refractivity contribution in [1.82, 2.24) is 0 Å². The van der Waals surface area contributed by atoms with Crippen molar-refractivity contribution in [1.29, 1.82) is 0 Å². The Labute approximate surface area is 68.2 Å². The molecule has 11 heavy (non-hydrogen) atoms. The van der Waals surface area contributed by atoms with E-state index in [4.69, 9.17) is 5.73 Å². The smallest absolute Gasteiger partial charge is 0.217 e. The minimum Gasteiger partial charge on any atom is -0.370 e. The molecule has 1 saturated carbocycles. The first-order valence-electron chi connectivity index (χ1n) is 4.14. The summed E-state index contributed by atoms with van der Waals surface area (Å²) in [5, 5.41) is 0. The van der Waals surface area contributed by atoms with E-state index in [9.17, 15) is 4.79 Å². The van der Waals surface area contributed by atoms with Crippen LogP contribution < -0.4 is 5.73 Å². The third-order valence-corrected chi connectivity index (χ3v) is 1.94. The van der Waals surface area contributed by atoms with Gasteiger partial charge >= 0.3 is 0 Å². The van der Waals surface area contributed by atoms with Gasteiger partial charge in [-0.2, -0.15) is 0 Å². The Balaban J connectivity index is 2.30. The first kappa shape index (κ1) is 8.57. The van der Waals surface area contributed by atoms with Crippen LogP contribution in [0.2, 0.25) is 0 Å². The van der Waals surface area contributed by atoms with Crippen LogP contribution in [-0.2, 0) is 4.79 Å². The Bertz CT molecular complexity index is 159. The van der Waals surface area contributed by atoms with E-state index in [-0.39, 0.29) is 11.3 Å². The molecule has 0 aliphatic heterocycles. The van der Waals surface area contributed by atoms with Gasteiger partial charge in [-0.05, 0) is 30.6 Å². The number of carbonyl (C=O) groups is 1. The van der Waals surface area contributed by atoms with E-state index in [1.54, 1.807) is 0 Å². The van der Waals surface area contributed by atoms with Crippen LogP contribution in [0.15, 0.2) is 0 Å². The van der Waals surface area contributed by atoms with E-state index in [0.29, 0.717) is 6.42 Å². The molecule has 1 amide bonds. The predicted molar refractivity (Wildman–Crippen MR) is 44.6 cm³/mol. The summed E-state index contributed by atoms with van der Waals surface area (Å²) in [4.78, 5) is 10.6. The molecule has 0 heterocycles. The Kier molecular flexibility index (Phi) is 2.21. The van der Waals surface area contributed by atoms with Crippen LogP contribution in [0.4, 0.5) is 0 Å². The van der Waals surface area contributed by atoms with Crippen molar-refractivity contribution in [3.63, 3.8) is 0 Å². The first-order valence-corrected chi connectivity index (χ1v) is 4.14. The zero-order chi connectivity index (χ0) is 8.48. The SMILES string of the molecule is CC(C)([CH]C1CC1)CC(N)=O. The molecular weight excluding hydrogens is 138 g/mol. The van der Waals surface area contributed by atoms with E-state index in [1.165, 1.54) is 12.8 Å². The normalized spacial score (nSPS) is 18.4. The van der Waals surface area contributed by atoms with Crippen molar-refractivity contribution in [2.45, 2.75) is 33.1 Å². The van der Waals surface area contributed by atoms with Gasteiger partial charge in [0.15, 0.2) is 0 Å².